The minimum Gasteiger partial charge on any atom is -0.342 e. The lowest BCUT2D eigenvalue weighted by Crippen LogP contribution is -2.46. The Hall–Kier alpha value is -2.18. The van der Waals surface area contributed by atoms with Crippen molar-refractivity contribution in [3.8, 4) is 0 Å². The summed E-state index contributed by atoms with van der Waals surface area (Å²) < 4.78 is 1.31. The van der Waals surface area contributed by atoms with Crippen molar-refractivity contribution in [2.24, 2.45) is 5.92 Å². The number of nitrogens with zero attached hydrogens (tertiary/aromatic N) is 4. The quantitative estimate of drug-likeness (QED) is 0.807. The predicted octanol–water partition coefficient (Wildman–Crippen LogP) is 0.494. The fraction of sp³-hybridized carbons (Fsp3) is 0.647. The third kappa shape index (κ3) is 3.83. The Balaban J connectivity index is 1.51. The van der Waals surface area contributed by atoms with Gasteiger partial charge in [0.1, 0.15) is 6.54 Å². The smallest absolute Gasteiger partial charge is 0.342 e. The summed E-state index contributed by atoms with van der Waals surface area (Å²) in [5.74, 6) is 0.201. The molecule has 1 aromatic rings. The van der Waals surface area contributed by atoms with Crippen LogP contribution in [0, 0.1) is 5.92 Å². The van der Waals surface area contributed by atoms with Crippen LogP contribution in [-0.2, 0) is 16.1 Å². The summed E-state index contributed by atoms with van der Waals surface area (Å²) in [4.78, 5) is 43.8. The molecule has 0 N–H and O–H groups in total. The first-order valence-electron chi connectivity index (χ1n) is 8.73. The fourth-order valence-electron chi connectivity index (χ4n) is 3.50. The van der Waals surface area contributed by atoms with Crippen molar-refractivity contribution in [2.75, 3.05) is 26.2 Å². The van der Waals surface area contributed by atoms with E-state index in [0.717, 1.165) is 25.9 Å². The largest absolute Gasteiger partial charge is 0.347 e. The van der Waals surface area contributed by atoms with Gasteiger partial charge in [0.15, 0.2) is 0 Å². The Morgan fingerprint density at radius 2 is 1.75 bits per heavy atom. The Morgan fingerprint density at radius 3 is 2.42 bits per heavy atom. The molecule has 2 saturated heterocycles. The van der Waals surface area contributed by atoms with Crippen LogP contribution in [0.1, 0.15) is 32.1 Å². The third-order valence-electron chi connectivity index (χ3n) is 4.95. The summed E-state index contributed by atoms with van der Waals surface area (Å²) in [5, 5.41) is 0. The van der Waals surface area contributed by atoms with Gasteiger partial charge in [-0.15, -0.1) is 0 Å². The molecule has 3 rings (SSSR count). The standard InChI is InChI=1S/C17H24N4O3/c22-15(13-21-10-4-7-18-17(21)24)19-11-5-14(6-12-19)16(23)20-8-2-1-3-9-20/h4,7,10,14H,1-3,5-6,8-9,11-13H2. The topological polar surface area (TPSA) is 75.5 Å². The van der Waals surface area contributed by atoms with Gasteiger partial charge >= 0.3 is 5.69 Å². The van der Waals surface area contributed by atoms with Crippen LogP contribution in [-0.4, -0.2) is 57.3 Å². The van der Waals surface area contributed by atoms with Crippen LogP contribution in [0.5, 0.6) is 0 Å². The monoisotopic (exact) mass is 332 g/mol. The first-order chi connectivity index (χ1) is 11.6. The molecule has 0 radical (unpaired) electrons. The molecule has 3 heterocycles. The highest BCUT2D eigenvalue weighted by Crippen LogP contribution is 2.22. The summed E-state index contributed by atoms with van der Waals surface area (Å²) in [7, 11) is 0. The summed E-state index contributed by atoms with van der Waals surface area (Å²) in [6, 6.07) is 1.64. The highest BCUT2D eigenvalue weighted by molar-refractivity contribution is 5.80. The van der Waals surface area contributed by atoms with Crippen molar-refractivity contribution in [2.45, 2.75) is 38.6 Å². The van der Waals surface area contributed by atoms with E-state index in [1.807, 2.05) is 4.90 Å². The number of hydrogen-bond acceptors (Lipinski definition) is 4. The molecule has 2 amide bonds. The van der Waals surface area contributed by atoms with E-state index in [4.69, 9.17) is 0 Å². The molecular formula is C17H24N4O3. The van der Waals surface area contributed by atoms with Crippen LogP contribution in [0.4, 0.5) is 0 Å². The van der Waals surface area contributed by atoms with Crippen molar-refractivity contribution in [3.63, 3.8) is 0 Å². The van der Waals surface area contributed by atoms with Crippen molar-refractivity contribution in [1.29, 1.82) is 0 Å². The van der Waals surface area contributed by atoms with Gasteiger partial charge in [-0.05, 0) is 38.2 Å². The highest BCUT2D eigenvalue weighted by atomic mass is 16.2. The zero-order chi connectivity index (χ0) is 16.9. The summed E-state index contributed by atoms with van der Waals surface area (Å²) >= 11 is 0. The van der Waals surface area contributed by atoms with Crippen molar-refractivity contribution >= 4 is 11.8 Å². The van der Waals surface area contributed by atoms with Crippen LogP contribution >= 0.6 is 0 Å². The molecule has 2 aliphatic heterocycles. The second-order valence-corrected chi connectivity index (χ2v) is 6.57. The molecular weight excluding hydrogens is 308 g/mol. The minimum atomic E-state index is -0.416. The van der Waals surface area contributed by atoms with E-state index < -0.39 is 5.69 Å². The molecule has 0 saturated carbocycles. The molecule has 0 atom stereocenters. The number of aromatic nitrogens is 2. The van der Waals surface area contributed by atoms with Gasteiger partial charge in [0, 0.05) is 44.5 Å². The number of piperidine rings is 2. The maximum absolute atomic E-state index is 12.5. The normalized spacial score (nSPS) is 19.3. The summed E-state index contributed by atoms with van der Waals surface area (Å²) in [5.41, 5.74) is -0.416. The zero-order valence-corrected chi connectivity index (χ0v) is 13.9. The molecule has 0 bridgehead atoms. The maximum atomic E-state index is 12.5. The lowest BCUT2D eigenvalue weighted by molar-refractivity contribution is -0.141. The molecule has 0 spiro atoms. The number of rotatable bonds is 3. The minimum absolute atomic E-state index is 0.0113. The third-order valence-corrected chi connectivity index (χ3v) is 4.95. The number of hydrogen-bond donors (Lipinski definition) is 0. The van der Waals surface area contributed by atoms with E-state index in [1.54, 1.807) is 17.2 Å². The van der Waals surface area contributed by atoms with Crippen molar-refractivity contribution < 1.29 is 9.59 Å². The Bertz CT molecular complexity index is 643. The van der Waals surface area contributed by atoms with E-state index in [2.05, 4.69) is 4.98 Å². The fourth-order valence-corrected chi connectivity index (χ4v) is 3.50. The van der Waals surface area contributed by atoms with Gasteiger partial charge in [0.2, 0.25) is 11.8 Å². The second-order valence-electron chi connectivity index (χ2n) is 6.57. The van der Waals surface area contributed by atoms with Crippen molar-refractivity contribution in [1.82, 2.24) is 19.4 Å². The van der Waals surface area contributed by atoms with E-state index in [-0.39, 0.29) is 24.3 Å². The van der Waals surface area contributed by atoms with Crippen LogP contribution in [0.3, 0.4) is 0 Å². The van der Waals surface area contributed by atoms with Gasteiger partial charge in [-0.1, -0.05) is 0 Å². The van der Waals surface area contributed by atoms with Gasteiger partial charge in [0.25, 0.3) is 0 Å². The van der Waals surface area contributed by atoms with Gasteiger partial charge in [-0.25, -0.2) is 9.78 Å². The maximum Gasteiger partial charge on any atom is 0.347 e. The SMILES string of the molecule is O=C(Cn1cccnc1=O)N1CCC(C(=O)N2CCCCC2)CC1. The van der Waals surface area contributed by atoms with Crippen LogP contribution in [0.25, 0.3) is 0 Å². The number of amides is 2. The number of likely N-dealkylation sites (tertiary alicyclic amines) is 2. The number of carbonyl (C=O) groups excluding carboxylic acids is 2. The molecule has 24 heavy (non-hydrogen) atoms. The van der Waals surface area contributed by atoms with E-state index in [1.165, 1.54) is 17.2 Å². The van der Waals surface area contributed by atoms with Crippen LogP contribution in [0.15, 0.2) is 23.3 Å². The Labute approximate surface area is 141 Å². The van der Waals surface area contributed by atoms with Gasteiger partial charge in [0.05, 0.1) is 0 Å². The molecule has 7 nitrogen and oxygen atoms in total. The van der Waals surface area contributed by atoms with Crippen molar-refractivity contribution in [3.05, 3.63) is 28.9 Å². The molecule has 0 unspecified atom stereocenters. The molecule has 0 aliphatic carbocycles. The first kappa shape index (κ1) is 16.7. The van der Waals surface area contributed by atoms with Crippen LogP contribution < -0.4 is 5.69 Å². The predicted molar refractivity (Wildman–Crippen MR) is 88.2 cm³/mol. The molecule has 2 aliphatic rings. The van der Waals surface area contributed by atoms with Gasteiger partial charge < -0.3 is 9.80 Å². The molecule has 7 heteroatoms. The molecule has 130 valence electrons. The number of carbonyl (C=O) groups is 2. The molecule has 0 aromatic carbocycles. The van der Waals surface area contributed by atoms with E-state index in [9.17, 15) is 14.4 Å². The summed E-state index contributed by atoms with van der Waals surface area (Å²) in [6.07, 6.45) is 7.82. The molecule has 2 fully saturated rings. The van der Waals surface area contributed by atoms with Gasteiger partial charge in [-0.2, -0.15) is 0 Å². The van der Waals surface area contributed by atoms with E-state index >= 15 is 0 Å². The van der Waals surface area contributed by atoms with E-state index in [0.29, 0.717) is 25.9 Å². The average Bonchev–Trinajstić information content (AvgIpc) is 2.64. The first-order valence-corrected chi connectivity index (χ1v) is 8.73. The Kier molecular flexibility index (Phi) is 5.27. The lowest BCUT2D eigenvalue weighted by Gasteiger charge is -2.35. The van der Waals surface area contributed by atoms with Crippen LogP contribution in [0.2, 0.25) is 0 Å². The summed E-state index contributed by atoms with van der Waals surface area (Å²) in [6.45, 7) is 2.93. The average molecular weight is 332 g/mol. The zero-order valence-electron chi connectivity index (χ0n) is 13.9. The Morgan fingerprint density at radius 1 is 1.04 bits per heavy atom. The lowest BCUT2D eigenvalue weighted by atomic mass is 9.94. The molecule has 1 aromatic heterocycles. The highest BCUT2D eigenvalue weighted by Gasteiger charge is 2.30. The second kappa shape index (κ2) is 7.59. The van der Waals surface area contributed by atoms with Gasteiger partial charge in [-0.3, -0.25) is 14.2 Å².